The summed E-state index contributed by atoms with van der Waals surface area (Å²) in [5.74, 6) is 0.680. The highest BCUT2D eigenvalue weighted by Crippen LogP contribution is 2.31. The highest BCUT2D eigenvalue weighted by molar-refractivity contribution is 5.86. The molecular formula is C40H26N4. The summed E-state index contributed by atoms with van der Waals surface area (Å²) in [7, 11) is 0. The first kappa shape index (κ1) is 25.7. The lowest BCUT2D eigenvalue weighted by molar-refractivity contribution is 1.18. The van der Waals surface area contributed by atoms with Gasteiger partial charge in [0.2, 0.25) is 0 Å². The van der Waals surface area contributed by atoms with Crippen molar-refractivity contribution in [1.82, 2.24) is 19.9 Å². The summed E-state index contributed by atoms with van der Waals surface area (Å²) < 4.78 is 0. The minimum absolute atomic E-state index is 0.680. The fourth-order valence-corrected chi connectivity index (χ4v) is 5.57. The Hall–Kier alpha value is -6.00. The average Bonchev–Trinajstić information content (AvgIpc) is 3.11. The fraction of sp³-hybridized carbons (Fsp3) is 0. The molecule has 0 amide bonds. The van der Waals surface area contributed by atoms with Crippen molar-refractivity contribution >= 4 is 21.5 Å². The molecule has 0 radical (unpaired) electrons. The van der Waals surface area contributed by atoms with Crippen molar-refractivity contribution in [2.75, 3.05) is 0 Å². The number of benzene rings is 5. The van der Waals surface area contributed by atoms with E-state index >= 15 is 0 Å². The first-order valence-electron chi connectivity index (χ1n) is 14.6. The van der Waals surface area contributed by atoms with Gasteiger partial charge in [0.05, 0.1) is 22.8 Å². The van der Waals surface area contributed by atoms with E-state index in [1.165, 1.54) is 10.8 Å². The van der Waals surface area contributed by atoms with Crippen LogP contribution in [-0.4, -0.2) is 19.9 Å². The Morgan fingerprint density at radius 2 is 0.682 bits per heavy atom. The molecule has 0 aliphatic rings. The van der Waals surface area contributed by atoms with E-state index in [4.69, 9.17) is 19.9 Å². The SMILES string of the molecule is c1ccc(-c2cc(-c3ccc(-c4cc5ccccc5cn4)cc3)nc(-c3ccc(-c4cc5ccccc5cn4)cc3)n2)cc1. The van der Waals surface area contributed by atoms with Gasteiger partial charge in [0.25, 0.3) is 0 Å². The second-order valence-corrected chi connectivity index (χ2v) is 10.8. The Balaban J connectivity index is 1.16. The number of nitrogens with zero attached hydrogens (tertiary/aromatic N) is 4. The molecule has 0 saturated carbocycles. The van der Waals surface area contributed by atoms with E-state index in [-0.39, 0.29) is 0 Å². The van der Waals surface area contributed by atoms with Crippen molar-refractivity contribution in [2.45, 2.75) is 0 Å². The van der Waals surface area contributed by atoms with Crippen molar-refractivity contribution < 1.29 is 0 Å². The van der Waals surface area contributed by atoms with E-state index in [1.807, 2.05) is 42.7 Å². The van der Waals surface area contributed by atoms with Crippen LogP contribution in [0.2, 0.25) is 0 Å². The second-order valence-electron chi connectivity index (χ2n) is 10.8. The molecule has 0 saturated heterocycles. The van der Waals surface area contributed by atoms with Gasteiger partial charge in [-0.15, -0.1) is 0 Å². The molecule has 44 heavy (non-hydrogen) atoms. The topological polar surface area (TPSA) is 51.6 Å². The van der Waals surface area contributed by atoms with Crippen LogP contribution in [0, 0.1) is 0 Å². The van der Waals surface area contributed by atoms with Gasteiger partial charge in [-0.25, -0.2) is 9.97 Å². The maximum absolute atomic E-state index is 5.04. The van der Waals surface area contributed by atoms with Crippen molar-refractivity contribution in [2.24, 2.45) is 0 Å². The standard InChI is InChI=1S/C40H26N4/c1-2-8-27(9-3-1)38-24-39(30-16-14-28(15-17-30)36-22-32-10-4-6-12-34(32)25-41-36)44-40(43-38)31-20-18-29(19-21-31)37-23-33-11-5-7-13-35(33)26-42-37/h1-26H. The molecule has 8 aromatic rings. The predicted molar refractivity (Wildman–Crippen MR) is 180 cm³/mol. The van der Waals surface area contributed by atoms with Gasteiger partial charge in [-0.2, -0.15) is 0 Å². The lowest BCUT2D eigenvalue weighted by Crippen LogP contribution is -1.96. The smallest absolute Gasteiger partial charge is 0.160 e. The predicted octanol–water partition coefficient (Wildman–Crippen LogP) is 9.91. The molecule has 5 aromatic carbocycles. The zero-order valence-corrected chi connectivity index (χ0v) is 23.8. The summed E-state index contributed by atoms with van der Waals surface area (Å²) in [4.78, 5) is 19.4. The molecule has 0 unspecified atom stereocenters. The van der Waals surface area contributed by atoms with Gasteiger partial charge in [0.15, 0.2) is 5.82 Å². The first-order valence-corrected chi connectivity index (χ1v) is 14.6. The van der Waals surface area contributed by atoms with E-state index < -0.39 is 0 Å². The normalized spacial score (nSPS) is 11.2. The molecule has 0 N–H and O–H groups in total. The van der Waals surface area contributed by atoms with Gasteiger partial charge in [0, 0.05) is 51.0 Å². The summed E-state index contributed by atoms with van der Waals surface area (Å²) in [6.07, 6.45) is 3.86. The van der Waals surface area contributed by atoms with Crippen molar-refractivity contribution in [1.29, 1.82) is 0 Å². The summed E-state index contributed by atoms with van der Waals surface area (Å²) in [6.45, 7) is 0. The molecule has 0 aliphatic carbocycles. The molecule has 3 heterocycles. The minimum Gasteiger partial charge on any atom is -0.256 e. The Bertz CT molecular complexity index is 2120. The zero-order valence-electron chi connectivity index (χ0n) is 23.8. The van der Waals surface area contributed by atoms with Gasteiger partial charge < -0.3 is 0 Å². The third-order valence-corrected chi connectivity index (χ3v) is 7.97. The quantitative estimate of drug-likeness (QED) is 0.209. The summed E-state index contributed by atoms with van der Waals surface area (Å²) in [5, 5.41) is 4.62. The van der Waals surface area contributed by atoms with Crippen molar-refractivity contribution in [3.63, 3.8) is 0 Å². The Morgan fingerprint density at radius 1 is 0.295 bits per heavy atom. The van der Waals surface area contributed by atoms with E-state index in [1.54, 1.807) is 0 Å². The lowest BCUT2D eigenvalue weighted by atomic mass is 10.0. The molecule has 3 aromatic heterocycles. The van der Waals surface area contributed by atoms with Crippen LogP contribution < -0.4 is 0 Å². The molecule has 0 atom stereocenters. The van der Waals surface area contributed by atoms with Gasteiger partial charge in [-0.05, 0) is 29.0 Å². The van der Waals surface area contributed by atoms with Crippen molar-refractivity contribution in [3.8, 4) is 56.4 Å². The molecule has 0 bridgehead atoms. The second kappa shape index (κ2) is 11.0. The molecule has 0 spiro atoms. The minimum atomic E-state index is 0.680. The van der Waals surface area contributed by atoms with Crippen molar-refractivity contribution in [3.05, 3.63) is 158 Å². The van der Waals surface area contributed by atoms with Gasteiger partial charge in [-0.3, -0.25) is 9.97 Å². The van der Waals surface area contributed by atoms with Gasteiger partial charge in [-0.1, -0.05) is 127 Å². The van der Waals surface area contributed by atoms with Crippen LogP contribution in [0.1, 0.15) is 0 Å². The monoisotopic (exact) mass is 562 g/mol. The number of aromatic nitrogens is 4. The third-order valence-electron chi connectivity index (χ3n) is 7.97. The van der Waals surface area contributed by atoms with E-state index in [0.717, 1.165) is 61.4 Å². The maximum Gasteiger partial charge on any atom is 0.160 e. The first-order chi connectivity index (χ1) is 21.8. The van der Waals surface area contributed by atoms with Gasteiger partial charge >= 0.3 is 0 Å². The van der Waals surface area contributed by atoms with Gasteiger partial charge in [0.1, 0.15) is 0 Å². The van der Waals surface area contributed by atoms with Crippen LogP contribution >= 0.6 is 0 Å². The fourth-order valence-electron chi connectivity index (χ4n) is 5.57. The largest absolute Gasteiger partial charge is 0.256 e. The lowest BCUT2D eigenvalue weighted by Gasteiger charge is -2.11. The molecule has 0 fully saturated rings. The number of pyridine rings is 2. The Labute approximate surface area is 255 Å². The third kappa shape index (κ3) is 4.99. The number of rotatable bonds is 5. The number of fused-ring (bicyclic) bond motifs is 2. The van der Waals surface area contributed by atoms with Crippen LogP contribution in [0.3, 0.4) is 0 Å². The van der Waals surface area contributed by atoms with E-state index in [9.17, 15) is 0 Å². The average molecular weight is 563 g/mol. The summed E-state index contributed by atoms with van der Waals surface area (Å²) >= 11 is 0. The summed E-state index contributed by atoms with van der Waals surface area (Å²) in [6, 6.07) is 50.0. The highest BCUT2D eigenvalue weighted by atomic mass is 14.9. The number of hydrogen-bond acceptors (Lipinski definition) is 4. The Morgan fingerprint density at radius 3 is 1.18 bits per heavy atom. The molecule has 8 rings (SSSR count). The molecule has 4 heteroatoms. The molecule has 4 nitrogen and oxygen atoms in total. The molecular weight excluding hydrogens is 536 g/mol. The highest BCUT2D eigenvalue weighted by Gasteiger charge is 2.12. The number of hydrogen-bond donors (Lipinski definition) is 0. The van der Waals surface area contributed by atoms with E-state index in [0.29, 0.717) is 5.82 Å². The Kier molecular flexibility index (Phi) is 6.43. The van der Waals surface area contributed by atoms with Crippen LogP contribution in [0.15, 0.2) is 158 Å². The maximum atomic E-state index is 5.04. The van der Waals surface area contributed by atoms with Crippen LogP contribution in [-0.2, 0) is 0 Å². The zero-order chi connectivity index (χ0) is 29.3. The van der Waals surface area contributed by atoms with Crippen LogP contribution in [0.4, 0.5) is 0 Å². The molecule has 206 valence electrons. The molecule has 0 aliphatic heterocycles. The van der Waals surface area contributed by atoms with E-state index in [2.05, 4.69) is 115 Å². The van der Waals surface area contributed by atoms with Crippen LogP contribution in [0.5, 0.6) is 0 Å². The summed E-state index contributed by atoms with van der Waals surface area (Å²) in [5.41, 5.74) is 8.77. The van der Waals surface area contributed by atoms with Crippen LogP contribution in [0.25, 0.3) is 78.0 Å².